The minimum absolute atomic E-state index is 0.128. The molecule has 0 atom stereocenters. The lowest BCUT2D eigenvalue weighted by Gasteiger charge is -2.02. The first-order valence-corrected chi connectivity index (χ1v) is 10.1. The Morgan fingerprint density at radius 3 is 2.81 bits per heavy atom. The molecule has 8 heteroatoms. The highest BCUT2D eigenvalue weighted by Gasteiger charge is 2.11. The van der Waals surface area contributed by atoms with Gasteiger partial charge in [0.1, 0.15) is 5.82 Å². The van der Waals surface area contributed by atoms with Gasteiger partial charge in [0.05, 0.1) is 22.3 Å². The molecule has 0 aliphatic carbocycles. The van der Waals surface area contributed by atoms with Gasteiger partial charge < -0.3 is 10.6 Å². The van der Waals surface area contributed by atoms with Crippen LogP contribution in [0, 0.1) is 13.8 Å². The lowest BCUT2D eigenvalue weighted by Crippen LogP contribution is -2.14. The fraction of sp³-hybridized carbons (Fsp3) is 0.158. The number of hydrogen-bond acceptors (Lipinski definition) is 7. The molecule has 27 heavy (non-hydrogen) atoms. The van der Waals surface area contributed by atoms with Crippen molar-refractivity contribution in [2.75, 3.05) is 10.6 Å². The molecule has 0 radical (unpaired) electrons. The number of benzene rings is 1. The first-order valence-electron chi connectivity index (χ1n) is 8.37. The van der Waals surface area contributed by atoms with Crippen LogP contribution in [-0.4, -0.2) is 20.9 Å². The lowest BCUT2D eigenvalue weighted by molar-refractivity contribution is -0.115. The normalized spacial score (nSPS) is 10.9. The van der Waals surface area contributed by atoms with Crippen LogP contribution < -0.4 is 10.6 Å². The third-order valence-corrected chi connectivity index (χ3v) is 5.55. The topological polar surface area (TPSA) is 79.8 Å². The van der Waals surface area contributed by atoms with E-state index in [1.54, 1.807) is 0 Å². The summed E-state index contributed by atoms with van der Waals surface area (Å²) in [6.07, 6.45) is 0.203. The Bertz CT molecular complexity index is 1120. The molecule has 0 saturated carbocycles. The van der Waals surface area contributed by atoms with E-state index in [4.69, 9.17) is 0 Å². The summed E-state index contributed by atoms with van der Waals surface area (Å²) in [4.78, 5) is 25.6. The predicted molar refractivity (Wildman–Crippen MR) is 111 cm³/mol. The number of hydrogen-bond donors (Lipinski definition) is 2. The summed E-state index contributed by atoms with van der Waals surface area (Å²) in [5.74, 6) is 0.612. The first-order chi connectivity index (χ1) is 13.0. The van der Waals surface area contributed by atoms with Crippen LogP contribution in [0.3, 0.4) is 0 Å². The number of thiazole rings is 2. The minimum Gasteiger partial charge on any atom is -0.316 e. The van der Waals surface area contributed by atoms with E-state index in [-0.39, 0.29) is 12.3 Å². The summed E-state index contributed by atoms with van der Waals surface area (Å²) in [7, 11) is 0. The Kier molecular flexibility index (Phi) is 4.83. The number of fused-ring (bicyclic) bond motifs is 1. The molecule has 0 saturated heterocycles. The monoisotopic (exact) mass is 395 g/mol. The zero-order valence-corrected chi connectivity index (χ0v) is 16.4. The Morgan fingerprint density at radius 1 is 1.07 bits per heavy atom. The van der Waals surface area contributed by atoms with Gasteiger partial charge in [0.15, 0.2) is 10.3 Å². The maximum atomic E-state index is 12.3. The van der Waals surface area contributed by atoms with Crippen molar-refractivity contribution in [3.8, 4) is 0 Å². The number of carbonyl (C=O) groups excluding carboxylic acids is 1. The standard InChI is InChI=1S/C19H17N5OS2/c1-11-6-7-14-15(8-11)27-19(22-14)24-17(25)9-13-10-26-18(21-13)23-16-5-3-4-12(2)20-16/h3-8,10H,9H2,1-2H3,(H,20,21,23)(H,22,24,25). The minimum atomic E-state index is -0.128. The van der Waals surface area contributed by atoms with Gasteiger partial charge in [-0.2, -0.15) is 0 Å². The van der Waals surface area contributed by atoms with E-state index < -0.39 is 0 Å². The van der Waals surface area contributed by atoms with Gasteiger partial charge in [-0.25, -0.2) is 15.0 Å². The van der Waals surface area contributed by atoms with Crippen molar-refractivity contribution in [1.29, 1.82) is 0 Å². The molecule has 136 valence electrons. The summed E-state index contributed by atoms with van der Waals surface area (Å²) in [5, 5.41) is 9.23. The van der Waals surface area contributed by atoms with Gasteiger partial charge in [0, 0.05) is 11.1 Å². The summed E-state index contributed by atoms with van der Waals surface area (Å²) in [6, 6.07) is 11.8. The van der Waals surface area contributed by atoms with Gasteiger partial charge >= 0.3 is 0 Å². The average molecular weight is 396 g/mol. The van der Waals surface area contributed by atoms with Crippen LogP contribution in [0.25, 0.3) is 10.2 Å². The fourth-order valence-corrected chi connectivity index (χ4v) is 4.28. The second-order valence-corrected chi connectivity index (χ2v) is 8.04. The zero-order chi connectivity index (χ0) is 18.8. The number of amides is 1. The number of nitrogens with zero attached hydrogens (tertiary/aromatic N) is 3. The molecule has 3 heterocycles. The molecule has 4 aromatic rings. The second-order valence-electron chi connectivity index (χ2n) is 6.15. The Morgan fingerprint density at radius 2 is 1.96 bits per heavy atom. The third-order valence-electron chi connectivity index (χ3n) is 3.81. The van der Waals surface area contributed by atoms with E-state index in [1.165, 1.54) is 28.2 Å². The summed E-state index contributed by atoms with van der Waals surface area (Å²) >= 11 is 2.93. The van der Waals surface area contributed by atoms with Crippen molar-refractivity contribution in [1.82, 2.24) is 15.0 Å². The number of aromatic nitrogens is 3. The van der Waals surface area contributed by atoms with E-state index in [1.807, 2.05) is 49.6 Å². The van der Waals surface area contributed by atoms with Crippen LogP contribution >= 0.6 is 22.7 Å². The van der Waals surface area contributed by atoms with Crippen LogP contribution in [-0.2, 0) is 11.2 Å². The highest BCUT2D eigenvalue weighted by Crippen LogP contribution is 2.27. The van der Waals surface area contributed by atoms with Crippen LogP contribution in [0.1, 0.15) is 17.0 Å². The molecule has 0 unspecified atom stereocenters. The van der Waals surface area contributed by atoms with Crippen molar-refractivity contribution < 1.29 is 4.79 Å². The molecule has 1 amide bonds. The fourth-order valence-electron chi connectivity index (χ4n) is 2.58. The van der Waals surface area contributed by atoms with Gasteiger partial charge in [-0.3, -0.25) is 4.79 Å². The quantitative estimate of drug-likeness (QED) is 0.512. The Hall–Kier alpha value is -2.84. The van der Waals surface area contributed by atoms with Gasteiger partial charge in [-0.15, -0.1) is 11.3 Å². The molecule has 3 aromatic heterocycles. The maximum Gasteiger partial charge on any atom is 0.232 e. The number of anilines is 3. The van der Waals surface area contributed by atoms with Crippen molar-refractivity contribution in [2.24, 2.45) is 0 Å². The van der Waals surface area contributed by atoms with Crippen LogP contribution in [0.15, 0.2) is 41.8 Å². The van der Waals surface area contributed by atoms with E-state index in [0.29, 0.717) is 16.0 Å². The molecule has 0 bridgehead atoms. The molecule has 0 spiro atoms. The molecule has 6 nitrogen and oxygen atoms in total. The molecular formula is C19H17N5OS2. The first kappa shape index (κ1) is 17.6. The summed E-state index contributed by atoms with van der Waals surface area (Å²) in [5.41, 5.74) is 3.72. The largest absolute Gasteiger partial charge is 0.316 e. The average Bonchev–Trinajstić information content (AvgIpc) is 3.20. The van der Waals surface area contributed by atoms with Gasteiger partial charge in [0.2, 0.25) is 5.91 Å². The zero-order valence-electron chi connectivity index (χ0n) is 14.8. The molecule has 0 aliphatic heterocycles. The summed E-state index contributed by atoms with van der Waals surface area (Å²) < 4.78 is 1.07. The van der Waals surface area contributed by atoms with Crippen molar-refractivity contribution in [3.05, 3.63) is 58.7 Å². The number of nitrogens with one attached hydrogen (secondary N) is 2. The number of carbonyl (C=O) groups is 1. The van der Waals surface area contributed by atoms with Gasteiger partial charge in [-0.05, 0) is 43.7 Å². The second kappa shape index (κ2) is 7.42. The Balaban J connectivity index is 1.40. The molecule has 4 rings (SSSR count). The molecular weight excluding hydrogens is 378 g/mol. The third kappa shape index (κ3) is 4.29. The lowest BCUT2D eigenvalue weighted by atomic mass is 10.2. The molecule has 0 fully saturated rings. The number of aryl methyl sites for hydroxylation is 2. The highest BCUT2D eigenvalue weighted by atomic mass is 32.1. The van der Waals surface area contributed by atoms with E-state index >= 15 is 0 Å². The summed E-state index contributed by atoms with van der Waals surface area (Å²) in [6.45, 7) is 3.98. The molecule has 0 aliphatic rings. The van der Waals surface area contributed by atoms with E-state index in [0.717, 1.165) is 21.7 Å². The van der Waals surface area contributed by atoms with Crippen molar-refractivity contribution in [3.63, 3.8) is 0 Å². The highest BCUT2D eigenvalue weighted by molar-refractivity contribution is 7.22. The number of pyridine rings is 1. The predicted octanol–water partition coefficient (Wildman–Crippen LogP) is 4.69. The van der Waals surface area contributed by atoms with E-state index in [2.05, 4.69) is 31.7 Å². The molecule has 1 aromatic carbocycles. The van der Waals surface area contributed by atoms with Crippen LogP contribution in [0.4, 0.5) is 16.1 Å². The van der Waals surface area contributed by atoms with Crippen molar-refractivity contribution >= 4 is 54.9 Å². The van der Waals surface area contributed by atoms with Crippen molar-refractivity contribution in [2.45, 2.75) is 20.3 Å². The van der Waals surface area contributed by atoms with Crippen LogP contribution in [0.2, 0.25) is 0 Å². The van der Waals surface area contributed by atoms with Gasteiger partial charge in [-0.1, -0.05) is 23.5 Å². The van der Waals surface area contributed by atoms with Crippen LogP contribution in [0.5, 0.6) is 0 Å². The maximum absolute atomic E-state index is 12.3. The van der Waals surface area contributed by atoms with Gasteiger partial charge in [0.25, 0.3) is 0 Å². The smallest absolute Gasteiger partial charge is 0.232 e. The molecule has 2 N–H and O–H groups in total. The van der Waals surface area contributed by atoms with E-state index in [9.17, 15) is 4.79 Å². The number of rotatable bonds is 5. The SMILES string of the molecule is Cc1ccc2nc(NC(=O)Cc3csc(Nc4cccc(C)n4)n3)sc2c1. The Labute approximate surface area is 164 Å².